The first-order valence-corrected chi connectivity index (χ1v) is 9.91. The molecule has 4 fully saturated rings. The van der Waals surface area contributed by atoms with E-state index in [-0.39, 0.29) is 17.9 Å². The zero-order valence-corrected chi connectivity index (χ0v) is 15.9. The van der Waals surface area contributed by atoms with Gasteiger partial charge < -0.3 is 14.1 Å². The second kappa shape index (κ2) is 6.41. The third kappa shape index (κ3) is 2.52. The number of nitrogens with zero attached hydrogens (tertiary/aromatic N) is 2. The van der Waals surface area contributed by atoms with Crippen molar-refractivity contribution in [2.75, 3.05) is 26.7 Å². The highest BCUT2D eigenvalue weighted by molar-refractivity contribution is 5.93. The Labute approximate surface area is 159 Å². The van der Waals surface area contributed by atoms with Crippen LogP contribution in [0.1, 0.15) is 40.4 Å². The van der Waals surface area contributed by atoms with Crippen molar-refractivity contribution in [3.05, 3.63) is 53.5 Å². The van der Waals surface area contributed by atoms with Gasteiger partial charge in [-0.05, 0) is 50.9 Å². The predicted molar refractivity (Wildman–Crippen MR) is 102 cm³/mol. The van der Waals surface area contributed by atoms with Crippen molar-refractivity contribution in [1.82, 2.24) is 9.80 Å². The van der Waals surface area contributed by atoms with Gasteiger partial charge in [-0.2, -0.15) is 0 Å². The number of likely N-dealkylation sites (tertiary alicyclic amines) is 1. The van der Waals surface area contributed by atoms with Gasteiger partial charge in [0.2, 0.25) is 0 Å². The van der Waals surface area contributed by atoms with Crippen molar-refractivity contribution in [3.63, 3.8) is 0 Å². The highest BCUT2D eigenvalue weighted by Crippen LogP contribution is 2.48. The van der Waals surface area contributed by atoms with Crippen LogP contribution in [0.4, 0.5) is 0 Å². The fraction of sp³-hybridized carbons (Fsp3) is 0.500. The van der Waals surface area contributed by atoms with Crippen LogP contribution in [0.2, 0.25) is 0 Å². The molecule has 0 N–H and O–H groups in total. The molecule has 6 rings (SSSR count). The number of aryl methyl sites for hydroxylation is 1. The molecule has 4 aliphatic heterocycles. The summed E-state index contributed by atoms with van der Waals surface area (Å²) < 4.78 is 11.2. The van der Waals surface area contributed by atoms with E-state index < -0.39 is 0 Å². The molecule has 3 atom stereocenters. The molecule has 4 saturated heterocycles. The molecule has 0 aliphatic carbocycles. The van der Waals surface area contributed by atoms with E-state index in [4.69, 9.17) is 9.15 Å². The molecule has 4 aliphatic rings. The molecule has 27 heavy (non-hydrogen) atoms. The van der Waals surface area contributed by atoms with E-state index in [9.17, 15) is 4.79 Å². The maximum Gasteiger partial charge on any atom is 0.290 e. The molecular weight excluding hydrogens is 340 g/mol. The van der Waals surface area contributed by atoms with Crippen LogP contribution in [0, 0.1) is 12.8 Å². The number of carbonyl (C=O) groups excluding carboxylic acids is 1. The molecule has 1 aromatic carbocycles. The Balaban J connectivity index is 1.56. The Bertz CT molecular complexity index is 853. The number of amides is 1. The summed E-state index contributed by atoms with van der Waals surface area (Å²) in [4.78, 5) is 18.1. The van der Waals surface area contributed by atoms with E-state index in [1.165, 1.54) is 18.4 Å². The molecule has 2 aromatic rings. The average molecular weight is 366 g/mol. The Kier molecular flexibility index (Phi) is 4.01. The number of carbonyl (C=O) groups is 1. The molecule has 0 spiro atoms. The number of para-hydroxylation sites is 1. The minimum absolute atomic E-state index is 0.0404. The van der Waals surface area contributed by atoms with Gasteiger partial charge in [0.15, 0.2) is 5.76 Å². The number of hydrogen-bond donors (Lipinski definition) is 0. The zero-order valence-electron chi connectivity index (χ0n) is 15.9. The maximum atomic E-state index is 13.4. The number of hydrogen-bond acceptors (Lipinski definition) is 4. The molecule has 2 bridgehead atoms. The summed E-state index contributed by atoms with van der Waals surface area (Å²) in [7, 11) is 1.73. The molecule has 1 aromatic heterocycles. The van der Waals surface area contributed by atoms with Crippen LogP contribution in [0.15, 0.2) is 41.0 Å². The smallest absolute Gasteiger partial charge is 0.290 e. The molecule has 5 heterocycles. The summed E-state index contributed by atoms with van der Waals surface area (Å²) in [6.45, 7) is 4.94. The van der Waals surface area contributed by atoms with Gasteiger partial charge in [0.25, 0.3) is 5.91 Å². The van der Waals surface area contributed by atoms with E-state index in [0.717, 1.165) is 30.9 Å². The monoisotopic (exact) mass is 366 g/mol. The minimum Gasteiger partial charge on any atom is -0.496 e. The normalized spacial score (nSPS) is 31.8. The zero-order chi connectivity index (χ0) is 18.5. The first kappa shape index (κ1) is 16.9. The van der Waals surface area contributed by atoms with Gasteiger partial charge in [-0.3, -0.25) is 9.69 Å². The second-order valence-electron chi connectivity index (χ2n) is 8.09. The lowest BCUT2D eigenvalue weighted by Crippen LogP contribution is -2.60. The topological polar surface area (TPSA) is 45.9 Å². The summed E-state index contributed by atoms with van der Waals surface area (Å²) >= 11 is 0. The van der Waals surface area contributed by atoms with E-state index in [1.807, 2.05) is 25.1 Å². The van der Waals surface area contributed by atoms with Crippen LogP contribution < -0.4 is 4.74 Å². The summed E-state index contributed by atoms with van der Waals surface area (Å²) in [5.74, 6) is 2.31. The van der Waals surface area contributed by atoms with E-state index in [2.05, 4.69) is 21.9 Å². The van der Waals surface area contributed by atoms with Gasteiger partial charge in [-0.1, -0.05) is 18.2 Å². The lowest BCUT2D eigenvalue weighted by Gasteiger charge is -2.51. The fourth-order valence-electron chi connectivity index (χ4n) is 5.62. The van der Waals surface area contributed by atoms with Crippen LogP contribution >= 0.6 is 0 Å². The Morgan fingerprint density at radius 1 is 1.15 bits per heavy atom. The standard InChI is InChI=1S/C22H26N2O3/c1-14-9-12-27-21(14)22(25)24-13-17(16-5-3-4-6-18(16)26-2)20-19(24)15-7-10-23(20)11-8-15/h3-6,9,12,15,17,19-20H,7-8,10-11,13H2,1-2H3/t17-,19+,20+/m0/s1. The van der Waals surface area contributed by atoms with Gasteiger partial charge in [0, 0.05) is 29.6 Å². The number of fused-ring (bicyclic) bond motifs is 2. The van der Waals surface area contributed by atoms with Crippen molar-refractivity contribution in [2.24, 2.45) is 5.92 Å². The summed E-state index contributed by atoms with van der Waals surface area (Å²) in [6, 6.07) is 10.8. The highest BCUT2D eigenvalue weighted by atomic mass is 16.5. The third-order valence-electron chi connectivity index (χ3n) is 6.85. The molecule has 0 unspecified atom stereocenters. The number of piperidine rings is 3. The Morgan fingerprint density at radius 3 is 2.63 bits per heavy atom. The van der Waals surface area contributed by atoms with Gasteiger partial charge in [0.1, 0.15) is 5.75 Å². The fourth-order valence-corrected chi connectivity index (χ4v) is 5.62. The molecule has 5 nitrogen and oxygen atoms in total. The van der Waals surface area contributed by atoms with E-state index in [0.29, 0.717) is 17.7 Å². The SMILES string of the molecule is COc1ccccc1[C@@H]1CN(C(=O)c2occc2C)[C@@H]2C3CCN(CC3)[C@@H]21. The molecule has 0 saturated carbocycles. The van der Waals surface area contributed by atoms with Crippen LogP contribution in [-0.4, -0.2) is 54.5 Å². The van der Waals surface area contributed by atoms with Crippen LogP contribution in [0.25, 0.3) is 0 Å². The number of ether oxygens (including phenoxy) is 1. The van der Waals surface area contributed by atoms with Gasteiger partial charge in [-0.15, -0.1) is 0 Å². The largest absolute Gasteiger partial charge is 0.496 e. The minimum atomic E-state index is 0.0404. The maximum absolute atomic E-state index is 13.4. The highest BCUT2D eigenvalue weighted by Gasteiger charge is 2.55. The van der Waals surface area contributed by atoms with Crippen molar-refractivity contribution in [1.29, 1.82) is 0 Å². The Morgan fingerprint density at radius 2 is 1.93 bits per heavy atom. The molecular formula is C22H26N2O3. The number of benzene rings is 1. The lowest BCUT2D eigenvalue weighted by molar-refractivity contribution is -0.00441. The molecule has 0 radical (unpaired) electrons. The molecule has 1 amide bonds. The Hall–Kier alpha value is -2.27. The average Bonchev–Trinajstić information content (AvgIpc) is 3.33. The van der Waals surface area contributed by atoms with Gasteiger partial charge >= 0.3 is 0 Å². The van der Waals surface area contributed by atoms with Gasteiger partial charge in [-0.25, -0.2) is 0 Å². The molecule has 5 heteroatoms. The summed E-state index contributed by atoms with van der Waals surface area (Å²) in [6.07, 6.45) is 3.98. The van der Waals surface area contributed by atoms with Crippen molar-refractivity contribution in [3.8, 4) is 5.75 Å². The third-order valence-corrected chi connectivity index (χ3v) is 6.85. The summed E-state index contributed by atoms with van der Waals surface area (Å²) in [5.41, 5.74) is 2.13. The lowest BCUT2D eigenvalue weighted by atomic mass is 9.75. The van der Waals surface area contributed by atoms with Crippen molar-refractivity contribution >= 4 is 5.91 Å². The molecule has 142 valence electrons. The van der Waals surface area contributed by atoms with Gasteiger partial charge in [0.05, 0.1) is 19.4 Å². The van der Waals surface area contributed by atoms with Crippen LogP contribution in [-0.2, 0) is 0 Å². The van der Waals surface area contributed by atoms with Crippen LogP contribution in [0.3, 0.4) is 0 Å². The second-order valence-corrected chi connectivity index (χ2v) is 8.09. The predicted octanol–water partition coefficient (Wildman–Crippen LogP) is 3.30. The van der Waals surface area contributed by atoms with Crippen molar-refractivity contribution in [2.45, 2.75) is 37.8 Å². The quantitative estimate of drug-likeness (QED) is 0.836. The van der Waals surface area contributed by atoms with Crippen molar-refractivity contribution < 1.29 is 13.9 Å². The number of methoxy groups -OCH3 is 1. The number of rotatable bonds is 3. The number of furan rings is 1. The van der Waals surface area contributed by atoms with Crippen LogP contribution in [0.5, 0.6) is 5.75 Å². The summed E-state index contributed by atoms with van der Waals surface area (Å²) in [5, 5.41) is 0. The first-order valence-electron chi connectivity index (χ1n) is 9.91. The van der Waals surface area contributed by atoms with E-state index >= 15 is 0 Å². The van der Waals surface area contributed by atoms with E-state index in [1.54, 1.807) is 13.4 Å². The first-order chi connectivity index (χ1) is 13.2.